The summed E-state index contributed by atoms with van der Waals surface area (Å²) >= 11 is 0. The summed E-state index contributed by atoms with van der Waals surface area (Å²) in [5.74, 6) is -0.406. The van der Waals surface area contributed by atoms with Crippen molar-refractivity contribution in [3.63, 3.8) is 0 Å². The zero-order valence-corrected chi connectivity index (χ0v) is 46.9. The maximum Gasteiger partial charge on any atom is 0.312 e. The number of methoxy groups -OCH3 is 1. The molecule has 20 heteroatoms. The average Bonchev–Trinajstić information content (AvgIpc) is 3.87. The molecule has 0 radical (unpaired) electrons. The van der Waals surface area contributed by atoms with Crippen LogP contribution in [0.3, 0.4) is 0 Å². The highest BCUT2D eigenvalue weighted by Gasteiger charge is 2.56. The fourth-order valence-electron chi connectivity index (χ4n) is 13.4. The lowest BCUT2D eigenvalue weighted by molar-refractivity contribution is -0.384. The number of carbonyl (C=O) groups excluding carboxylic acids is 1. The number of halogens is 1. The highest BCUT2D eigenvalue weighted by Crippen LogP contribution is 2.57. The number of nitrogens with one attached hydrogen (secondary N) is 3. The van der Waals surface area contributed by atoms with Gasteiger partial charge in [0.25, 0.3) is 21.8 Å². The minimum atomic E-state index is -4.75. The number of fused-ring (bicyclic) bond motifs is 4. The van der Waals surface area contributed by atoms with Crippen LogP contribution in [0.5, 0.6) is 23.1 Å². The summed E-state index contributed by atoms with van der Waals surface area (Å²) in [6, 6.07) is 26.3. The van der Waals surface area contributed by atoms with Gasteiger partial charge in [0.15, 0.2) is 5.75 Å². The highest BCUT2D eigenvalue weighted by molar-refractivity contribution is 7.90. The predicted octanol–water partition coefficient (Wildman–Crippen LogP) is 10.6. The number of nitro groups is 1. The second-order valence-corrected chi connectivity index (χ2v) is 25.1. The maximum atomic E-state index is 15.0. The first-order valence-corrected chi connectivity index (χ1v) is 29.7. The Balaban J connectivity index is 0.822. The first-order valence-electron chi connectivity index (χ1n) is 28.2. The molecular formula is C60H72FN9O9S. The van der Waals surface area contributed by atoms with E-state index in [0.29, 0.717) is 56.3 Å². The summed E-state index contributed by atoms with van der Waals surface area (Å²) < 4.78 is 62.8. The van der Waals surface area contributed by atoms with Crippen LogP contribution in [0.4, 0.5) is 21.6 Å². The second kappa shape index (κ2) is 22.2. The Hall–Kier alpha value is -6.87. The van der Waals surface area contributed by atoms with Crippen LogP contribution in [0.1, 0.15) is 131 Å². The van der Waals surface area contributed by atoms with Crippen LogP contribution in [-0.4, -0.2) is 113 Å². The molecule has 4 N–H and O–H groups in total. The van der Waals surface area contributed by atoms with Crippen LogP contribution in [0.25, 0.3) is 11.0 Å². The largest absolute Gasteiger partial charge is 0.497 e. The third-order valence-corrected chi connectivity index (χ3v) is 19.1. The van der Waals surface area contributed by atoms with Crippen molar-refractivity contribution in [2.75, 3.05) is 50.1 Å². The molecule has 80 heavy (non-hydrogen) atoms. The number of piperidine rings is 3. The molecule has 6 fully saturated rings. The van der Waals surface area contributed by atoms with E-state index in [1.807, 2.05) is 0 Å². The minimum Gasteiger partial charge on any atom is -0.497 e. The van der Waals surface area contributed by atoms with Crippen molar-refractivity contribution < 1.29 is 41.8 Å². The Morgan fingerprint density at radius 1 is 0.975 bits per heavy atom. The van der Waals surface area contributed by atoms with Crippen molar-refractivity contribution in [3.05, 3.63) is 129 Å². The number of nitrogens with zero attached hydrogens (tertiary/aromatic N) is 6. The van der Waals surface area contributed by atoms with Crippen LogP contribution in [0, 0.1) is 27.3 Å². The fraction of sp³-hybridized carbons (Fsp3) is 0.483. The van der Waals surface area contributed by atoms with E-state index < -0.39 is 42.9 Å². The molecule has 3 atom stereocenters. The van der Waals surface area contributed by atoms with Gasteiger partial charge in [-0.3, -0.25) is 24.7 Å². The molecule has 2 saturated carbocycles. The Morgan fingerprint density at radius 3 is 2.44 bits per heavy atom. The van der Waals surface area contributed by atoms with Gasteiger partial charge in [0.1, 0.15) is 27.9 Å². The fourth-order valence-corrected chi connectivity index (χ4v) is 14.4. The SMILES string of the molecule is CCOc1nc2[nH]cc(F)c2cc1Oc1cc(N2CCC3(CC2)CC(N2C4CCC([C@@H]2c2ccccc2C(C)C)N(Cc2ccc(OC)cc2)C4)C3)ccc1C(=O)NS(=O)(=O)c1cnc(NCC2CCC(C)(O)CC2)c([N+](=O)[O-])c1. The number of aromatic nitrogens is 3. The van der Waals surface area contributed by atoms with E-state index in [-0.39, 0.29) is 63.8 Å². The molecular weight excluding hydrogens is 1040 g/mol. The number of sulfonamides is 1. The number of piperazine rings is 1. The van der Waals surface area contributed by atoms with E-state index in [9.17, 15) is 28.4 Å². The lowest BCUT2D eigenvalue weighted by Crippen LogP contribution is -2.68. The van der Waals surface area contributed by atoms with E-state index in [1.54, 1.807) is 33.1 Å². The first-order chi connectivity index (χ1) is 38.4. The van der Waals surface area contributed by atoms with Gasteiger partial charge in [-0.05, 0) is 136 Å². The summed E-state index contributed by atoms with van der Waals surface area (Å²) in [7, 11) is -3.05. The smallest absolute Gasteiger partial charge is 0.312 e. The lowest BCUT2D eigenvalue weighted by atomic mass is 9.58. The van der Waals surface area contributed by atoms with Gasteiger partial charge in [-0.2, -0.15) is 4.98 Å². The van der Waals surface area contributed by atoms with Gasteiger partial charge in [-0.15, -0.1) is 0 Å². The van der Waals surface area contributed by atoms with Crippen molar-refractivity contribution in [2.24, 2.45) is 11.3 Å². The molecule has 6 aliphatic rings. The number of anilines is 2. The van der Waals surface area contributed by atoms with E-state index in [4.69, 9.17) is 14.2 Å². The first kappa shape index (κ1) is 55.1. The number of benzene rings is 3. The van der Waals surface area contributed by atoms with E-state index >= 15 is 4.39 Å². The summed E-state index contributed by atoms with van der Waals surface area (Å²) in [4.78, 5) is 44.5. The van der Waals surface area contributed by atoms with Crippen LogP contribution in [-0.2, 0) is 16.6 Å². The van der Waals surface area contributed by atoms with Crippen molar-refractivity contribution in [1.82, 2.24) is 29.5 Å². The molecule has 3 aromatic carbocycles. The zero-order chi connectivity index (χ0) is 56.1. The maximum absolute atomic E-state index is 15.0. The molecule has 2 bridgehead atoms. The number of H-pyrrole nitrogens is 1. The number of hydrogen-bond acceptors (Lipinski definition) is 15. The summed E-state index contributed by atoms with van der Waals surface area (Å²) in [5.41, 5.74) is 3.78. The van der Waals surface area contributed by atoms with E-state index in [2.05, 4.69) is 102 Å². The molecule has 18 nitrogen and oxygen atoms in total. The summed E-state index contributed by atoms with van der Waals surface area (Å²) in [5, 5.41) is 25.8. The molecule has 2 unspecified atom stereocenters. The van der Waals surface area contributed by atoms with Crippen LogP contribution >= 0.6 is 0 Å². The molecule has 2 aliphatic carbocycles. The van der Waals surface area contributed by atoms with Gasteiger partial charge >= 0.3 is 5.69 Å². The number of aromatic amines is 1. The third-order valence-electron chi connectivity index (χ3n) is 17.8. The molecule has 12 rings (SSSR count). The number of pyridine rings is 2. The van der Waals surface area contributed by atoms with E-state index in [1.165, 1.54) is 41.4 Å². The van der Waals surface area contributed by atoms with Crippen molar-refractivity contribution in [1.29, 1.82) is 0 Å². The molecule has 3 aromatic heterocycles. The molecule has 4 aliphatic heterocycles. The molecule has 4 saturated heterocycles. The van der Waals surface area contributed by atoms with Crippen molar-refractivity contribution in [2.45, 2.75) is 139 Å². The number of aliphatic hydroxyl groups is 1. The van der Waals surface area contributed by atoms with E-state index in [0.717, 1.165) is 82.0 Å². The number of rotatable bonds is 18. The Morgan fingerprint density at radius 2 is 1.73 bits per heavy atom. The topological polar surface area (TPSA) is 218 Å². The van der Waals surface area contributed by atoms with Crippen molar-refractivity contribution in [3.8, 4) is 23.1 Å². The van der Waals surface area contributed by atoms with Crippen LogP contribution < -0.4 is 29.1 Å². The molecule has 1 spiro atoms. The molecule has 424 valence electrons. The quantitative estimate of drug-likeness (QED) is 0.0465. The van der Waals surface area contributed by atoms with Crippen LogP contribution in [0.15, 0.2) is 96.2 Å². The van der Waals surface area contributed by atoms with Gasteiger partial charge in [0.2, 0.25) is 5.82 Å². The standard InChI is InChI=1S/C60H72FN9O9S/c1-6-78-58-53(29-48-49(61)34-64-55(48)65-58)79-52-27-40(13-17-47(52)57(71)66-80(75,76)44-28-51(70(73)74)56(63-33-44)62-32-38-19-21-59(4,72)22-20-38)67-25-23-60(24-26-67)30-42(31-60)69-41-14-18-50(54(69)46-10-8-7-9-45(46)37(2)3)68(36-41)35-39-11-15-43(77-5)16-12-39/h7-13,15-17,27-29,33-34,37-38,41-42,50,54,72H,6,14,18-26,30-32,35-36H2,1-5H3,(H,62,63)(H,64,65)(H,66,71)/t38?,41?,50?,54-,59?/m0/s1. The van der Waals surface area contributed by atoms with Crippen molar-refractivity contribution >= 4 is 44.2 Å². The van der Waals surface area contributed by atoms with Gasteiger partial charge in [-0.1, -0.05) is 50.2 Å². The molecule has 7 heterocycles. The Kier molecular flexibility index (Phi) is 15.3. The number of hydrogen-bond donors (Lipinski definition) is 4. The molecule has 6 aromatic rings. The van der Waals surface area contributed by atoms with Gasteiger partial charge < -0.3 is 34.5 Å². The average molecular weight is 1110 g/mol. The number of carbonyl (C=O) groups is 1. The van der Waals surface area contributed by atoms with Gasteiger partial charge in [0, 0.05) is 80.9 Å². The number of amides is 1. The van der Waals surface area contributed by atoms with Gasteiger partial charge in [0.05, 0.1) is 47.4 Å². The van der Waals surface area contributed by atoms with Gasteiger partial charge in [-0.25, -0.2) is 22.5 Å². The summed E-state index contributed by atoms with van der Waals surface area (Å²) in [6.45, 7) is 12.1. The lowest BCUT2D eigenvalue weighted by Gasteiger charge is -2.64. The third kappa shape index (κ3) is 11.2. The normalized spacial score (nSPS) is 23.3. The predicted molar refractivity (Wildman–Crippen MR) is 303 cm³/mol. The summed E-state index contributed by atoms with van der Waals surface area (Å²) in [6.07, 6.45) is 11.2. The Labute approximate surface area is 466 Å². The minimum absolute atomic E-state index is 0.00359. The van der Waals surface area contributed by atoms with Crippen LogP contribution in [0.2, 0.25) is 0 Å². The molecule has 1 amide bonds. The number of ether oxygens (including phenoxy) is 3. The monoisotopic (exact) mass is 1110 g/mol. The highest BCUT2D eigenvalue weighted by atomic mass is 32.2. The second-order valence-electron chi connectivity index (χ2n) is 23.4. The Bertz CT molecular complexity index is 3370. The zero-order valence-electron chi connectivity index (χ0n) is 46.1.